The molecule has 1 aromatic carbocycles. The Bertz CT molecular complexity index is 415. The Balaban J connectivity index is 2.46. The number of hydrogen-bond donors (Lipinski definition) is 2. The van der Waals surface area contributed by atoms with Crippen LogP contribution in [0.2, 0.25) is 0 Å². The van der Waals surface area contributed by atoms with Crippen molar-refractivity contribution in [2.75, 3.05) is 12.1 Å². The monoisotopic (exact) mass is 204 g/mol. The zero-order chi connectivity index (χ0) is 10.8. The first-order valence-corrected chi connectivity index (χ1v) is 4.70. The summed E-state index contributed by atoms with van der Waals surface area (Å²) in [6, 6.07) is 7.02. The molecule has 2 rings (SSSR count). The Morgan fingerprint density at radius 2 is 2.20 bits per heavy atom. The summed E-state index contributed by atoms with van der Waals surface area (Å²) in [5, 5.41) is 10.7. The van der Waals surface area contributed by atoms with E-state index in [1.807, 2.05) is 30.3 Å². The highest BCUT2D eigenvalue weighted by Crippen LogP contribution is 2.26. The van der Waals surface area contributed by atoms with Crippen LogP contribution in [-0.4, -0.2) is 24.2 Å². The quantitative estimate of drug-likeness (QED) is 0.757. The number of aliphatic carboxylic acids is 1. The van der Waals surface area contributed by atoms with Crippen LogP contribution in [0.3, 0.4) is 0 Å². The first-order chi connectivity index (χ1) is 7.24. The Hall–Kier alpha value is -1.81. The highest BCUT2D eigenvalue weighted by molar-refractivity contribution is 5.86. The lowest BCUT2D eigenvalue weighted by Crippen LogP contribution is -2.48. The van der Waals surface area contributed by atoms with Crippen LogP contribution in [-0.2, 0) is 4.79 Å². The predicted octanol–water partition coefficient (Wildman–Crippen LogP) is 1.11. The maximum absolute atomic E-state index is 11.0. The Morgan fingerprint density at radius 3 is 2.87 bits per heavy atom. The molecule has 0 amide bonds. The minimum absolute atomic E-state index is 0.648. The second kappa shape index (κ2) is 3.74. The van der Waals surface area contributed by atoms with Gasteiger partial charge in [-0.15, -0.1) is 0 Å². The van der Waals surface area contributed by atoms with Gasteiger partial charge in [0.25, 0.3) is 0 Å². The Kier molecular flexibility index (Phi) is 2.43. The fourth-order valence-electron chi connectivity index (χ4n) is 1.73. The van der Waals surface area contributed by atoms with Gasteiger partial charge in [0.15, 0.2) is 6.04 Å². The summed E-state index contributed by atoms with van der Waals surface area (Å²) in [6.07, 6.45) is 3.50. The molecule has 1 aliphatic rings. The van der Waals surface area contributed by atoms with Gasteiger partial charge in [0.2, 0.25) is 0 Å². The summed E-state index contributed by atoms with van der Waals surface area (Å²) < 4.78 is 0. The van der Waals surface area contributed by atoms with Crippen molar-refractivity contribution in [1.82, 2.24) is 5.43 Å². The lowest BCUT2D eigenvalue weighted by atomic mass is 10.1. The molecule has 0 saturated carbocycles. The van der Waals surface area contributed by atoms with E-state index in [2.05, 4.69) is 5.43 Å². The Labute approximate surface area is 87.8 Å². The van der Waals surface area contributed by atoms with Gasteiger partial charge in [0.05, 0.1) is 5.69 Å². The van der Waals surface area contributed by atoms with Crippen molar-refractivity contribution in [2.24, 2.45) is 0 Å². The largest absolute Gasteiger partial charge is 0.479 e. The molecule has 0 aliphatic carbocycles. The van der Waals surface area contributed by atoms with E-state index in [1.54, 1.807) is 18.1 Å². The maximum Gasteiger partial charge on any atom is 0.331 e. The number of carboxylic acid groups (broad SMARTS) is 1. The topological polar surface area (TPSA) is 52.6 Å². The third kappa shape index (κ3) is 1.59. The van der Waals surface area contributed by atoms with Crippen LogP contribution in [0.1, 0.15) is 5.56 Å². The summed E-state index contributed by atoms with van der Waals surface area (Å²) in [5.74, 6) is -0.866. The van der Waals surface area contributed by atoms with E-state index in [-0.39, 0.29) is 0 Å². The average molecular weight is 204 g/mol. The van der Waals surface area contributed by atoms with Crippen LogP contribution < -0.4 is 10.4 Å². The van der Waals surface area contributed by atoms with E-state index in [4.69, 9.17) is 5.11 Å². The van der Waals surface area contributed by atoms with Crippen LogP contribution in [0, 0.1) is 0 Å². The number of fused-ring (bicyclic) bond motifs is 1. The molecule has 1 heterocycles. The zero-order valence-corrected chi connectivity index (χ0v) is 8.34. The number of hydrazine groups is 1. The molecular weight excluding hydrogens is 192 g/mol. The first-order valence-electron chi connectivity index (χ1n) is 4.70. The molecule has 0 aromatic heterocycles. The fourth-order valence-corrected chi connectivity index (χ4v) is 1.73. The van der Waals surface area contributed by atoms with E-state index < -0.39 is 12.0 Å². The molecule has 78 valence electrons. The number of benzene rings is 1. The summed E-state index contributed by atoms with van der Waals surface area (Å²) in [6.45, 7) is 0. The molecule has 4 nitrogen and oxygen atoms in total. The fraction of sp³-hybridized carbons (Fsp3) is 0.182. The minimum Gasteiger partial charge on any atom is -0.479 e. The van der Waals surface area contributed by atoms with Gasteiger partial charge in [-0.2, -0.15) is 0 Å². The summed E-state index contributed by atoms with van der Waals surface area (Å²) >= 11 is 0. The molecule has 2 N–H and O–H groups in total. The number of nitrogens with zero attached hydrogens (tertiary/aromatic N) is 1. The number of hydrogen-bond acceptors (Lipinski definition) is 3. The molecule has 0 saturated heterocycles. The van der Waals surface area contributed by atoms with Crippen molar-refractivity contribution < 1.29 is 9.90 Å². The Morgan fingerprint density at radius 1 is 1.47 bits per heavy atom. The van der Waals surface area contributed by atoms with Crippen molar-refractivity contribution in [3.05, 3.63) is 35.9 Å². The summed E-state index contributed by atoms with van der Waals surface area (Å²) in [4.78, 5) is 11.0. The molecule has 1 aliphatic heterocycles. The van der Waals surface area contributed by atoms with Crippen molar-refractivity contribution >= 4 is 17.7 Å². The molecular formula is C11H12N2O2. The van der Waals surface area contributed by atoms with Gasteiger partial charge in [-0.05, 0) is 17.7 Å². The van der Waals surface area contributed by atoms with Gasteiger partial charge in [0, 0.05) is 7.05 Å². The second-order valence-corrected chi connectivity index (χ2v) is 3.29. The van der Waals surface area contributed by atoms with E-state index >= 15 is 0 Å². The van der Waals surface area contributed by atoms with Gasteiger partial charge >= 0.3 is 5.97 Å². The lowest BCUT2D eigenvalue weighted by molar-refractivity contribution is -0.137. The highest BCUT2D eigenvalue weighted by atomic mass is 16.4. The first kappa shape index (κ1) is 9.73. The number of carbonyl (C=O) groups is 1. The molecule has 1 unspecified atom stereocenters. The summed E-state index contributed by atoms with van der Waals surface area (Å²) in [5.41, 5.74) is 4.79. The molecule has 1 atom stereocenters. The van der Waals surface area contributed by atoms with E-state index in [9.17, 15) is 4.79 Å². The molecule has 0 spiro atoms. The lowest BCUT2D eigenvalue weighted by Gasteiger charge is -2.32. The minimum atomic E-state index is -0.866. The van der Waals surface area contributed by atoms with E-state index in [0.29, 0.717) is 0 Å². The van der Waals surface area contributed by atoms with Crippen LogP contribution in [0.15, 0.2) is 30.3 Å². The van der Waals surface area contributed by atoms with Crippen LogP contribution >= 0.6 is 0 Å². The number of carboxylic acids is 1. The normalized spacial score (nSPS) is 18.7. The van der Waals surface area contributed by atoms with Gasteiger partial charge in [-0.25, -0.2) is 10.2 Å². The third-order valence-electron chi connectivity index (χ3n) is 2.43. The predicted molar refractivity (Wildman–Crippen MR) is 58.4 cm³/mol. The van der Waals surface area contributed by atoms with Crippen LogP contribution in [0.4, 0.5) is 5.69 Å². The smallest absolute Gasteiger partial charge is 0.331 e. The van der Waals surface area contributed by atoms with Crippen LogP contribution in [0.5, 0.6) is 0 Å². The SMILES string of the molecule is CNN1c2ccccc2C=CC1C(=O)O. The second-order valence-electron chi connectivity index (χ2n) is 3.29. The van der Waals surface area contributed by atoms with E-state index in [1.165, 1.54) is 0 Å². The van der Waals surface area contributed by atoms with Gasteiger partial charge in [-0.1, -0.05) is 24.3 Å². The maximum atomic E-state index is 11.0. The number of nitrogens with one attached hydrogen (secondary N) is 1. The summed E-state index contributed by atoms with van der Waals surface area (Å²) in [7, 11) is 1.71. The van der Waals surface area contributed by atoms with Gasteiger partial charge in [0.1, 0.15) is 0 Å². The standard InChI is InChI=1S/C11H12N2O2/c1-12-13-9-5-3-2-4-8(9)6-7-10(13)11(14)15/h2-7,10,12H,1H3,(H,14,15). The van der Waals surface area contributed by atoms with Crippen molar-refractivity contribution in [1.29, 1.82) is 0 Å². The average Bonchev–Trinajstić information content (AvgIpc) is 2.27. The number of anilines is 1. The molecule has 15 heavy (non-hydrogen) atoms. The molecule has 4 heteroatoms. The number of rotatable bonds is 2. The van der Waals surface area contributed by atoms with Crippen molar-refractivity contribution in [3.8, 4) is 0 Å². The zero-order valence-electron chi connectivity index (χ0n) is 8.34. The third-order valence-corrected chi connectivity index (χ3v) is 2.43. The molecule has 1 aromatic rings. The van der Waals surface area contributed by atoms with E-state index in [0.717, 1.165) is 11.3 Å². The van der Waals surface area contributed by atoms with Gasteiger partial charge < -0.3 is 5.11 Å². The molecule has 0 fully saturated rings. The molecule has 0 radical (unpaired) electrons. The number of para-hydroxylation sites is 1. The molecule has 0 bridgehead atoms. The van der Waals surface area contributed by atoms with Crippen molar-refractivity contribution in [3.63, 3.8) is 0 Å². The van der Waals surface area contributed by atoms with Crippen LogP contribution in [0.25, 0.3) is 6.08 Å². The van der Waals surface area contributed by atoms with Gasteiger partial charge in [-0.3, -0.25) is 5.01 Å². The highest BCUT2D eigenvalue weighted by Gasteiger charge is 2.26. The van der Waals surface area contributed by atoms with Crippen molar-refractivity contribution in [2.45, 2.75) is 6.04 Å².